The molecule has 0 fully saturated rings. The maximum atomic E-state index is 12.2. The highest BCUT2D eigenvalue weighted by molar-refractivity contribution is 6.04. The summed E-state index contributed by atoms with van der Waals surface area (Å²) in [5, 5.41) is 2.76. The van der Waals surface area contributed by atoms with Crippen LogP contribution in [0.5, 0.6) is 0 Å². The number of methoxy groups -OCH3 is 1. The molecule has 2 rings (SSSR count). The zero-order valence-corrected chi connectivity index (χ0v) is 12.1. The number of ether oxygens (including phenoxy) is 1. The number of hydrogen-bond acceptors (Lipinski definition) is 4. The molecule has 0 aliphatic carbocycles. The lowest BCUT2D eigenvalue weighted by atomic mass is 10.1. The molecule has 0 aliphatic rings. The van der Waals surface area contributed by atoms with E-state index < -0.39 is 5.97 Å². The Bertz CT molecular complexity index is 696. The van der Waals surface area contributed by atoms with Crippen molar-refractivity contribution in [2.24, 2.45) is 0 Å². The van der Waals surface area contributed by atoms with Gasteiger partial charge in [0.25, 0.3) is 5.91 Å². The number of anilines is 1. The van der Waals surface area contributed by atoms with E-state index in [0.29, 0.717) is 16.9 Å². The Morgan fingerprint density at radius 1 is 1.14 bits per heavy atom. The molecule has 0 spiro atoms. The molecule has 1 amide bonds. The molecule has 0 saturated carbocycles. The van der Waals surface area contributed by atoms with E-state index in [1.54, 1.807) is 30.3 Å². The molecule has 1 N–H and O–H groups in total. The van der Waals surface area contributed by atoms with E-state index in [2.05, 4.69) is 15.0 Å². The smallest absolute Gasteiger partial charge is 0.337 e. The Morgan fingerprint density at radius 3 is 2.57 bits per heavy atom. The minimum absolute atomic E-state index is 0.316. The molecule has 0 atom stereocenters. The molecule has 108 valence electrons. The zero-order chi connectivity index (χ0) is 15.4. The summed E-state index contributed by atoms with van der Waals surface area (Å²) in [6.45, 7) is 3.67. The average Bonchev–Trinajstić information content (AvgIpc) is 2.48. The normalized spacial score (nSPS) is 10.0. The second-order valence-electron chi connectivity index (χ2n) is 4.64. The number of esters is 1. The first-order valence-corrected chi connectivity index (χ1v) is 6.45. The minimum atomic E-state index is -0.445. The molecule has 0 radical (unpaired) electrons. The molecular formula is C16H16N2O3. The molecule has 0 bridgehead atoms. The molecule has 1 aromatic heterocycles. The summed E-state index contributed by atoms with van der Waals surface area (Å²) in [4.78, 5) is 27.9. The van der Waals surface area contributed by atoms with E-state index in [9.17, 15) is 9.59 Å². The zero-order valence-electron chi connectivity index (χ0n) is 12.1. The summed E-state index contributed by atoms with van der Waals surface area (Å²) in [6.07, 6.45) is 0. The van der Waals surface area contributed by atoms with Gasteiger partial charge in [-0.15, -0.1) is 0 Å². The second kappa shape index (κ2) is 6.17. The number of carbonyl (C=O) groups excluding carboxylic acids is 2. The van der Waals surface area contributed by atoms with Gasteiger partial charge in [-0.05, 0) is 43.7 Å². The number of aromatic nitrogens is 1. The number of rotatable bonds is 3. The van der Waals surface area contributed by atoms with E-state index in [0.717, 1.165) is 11.3 Å². The number of benzene rings is 1. The highest BCUT2D eigenvalue weighted by atomic mass is 16.5. The molecule has 2 aromatic rings. The number of nitrogens with zero attached hydrogens (tertiary/aromatic N) is 1. The number of nitrogens with one attached hydrogen (secondary N) is 1. The molecule has 5 heteroatoms. The highest BCUT2D eigenvalue weighted by Gasteiger charge is 2.12. The summed E-state index contributed by atoms with van der Waals surface area (Å²) in [7, 11) is 1.32. The molecule has 0 aliphatic heterocycles. The van der Waals surface area contributed by atoms with Crippen LogP contribution in [0.2, 0.25) is 0 Å². The van der Waals surface area contributed by atoms with Crippen LogP contribution >= 0.6 is 0 Å². The van der Waals surface area contributed by atoms with Gasteiger partial charge in [0.1, 0.15) is 5.69 Å². The van der Waals surface area contributed by atoms with Crippen molar-refractivity contribution < 1.29 is 14.3 Å². The predicted octanol–water partition coefficient (Wildman–Crippen LogP) is 2.74. The Labute approximate surface area is 123 Å². The lowest BCUT2D eigenvalue weighted by Crippen LogP contribution is -2.15. The van der Waals surface area contributed by atoms with Gasteiger partial charge in [-0.3, -0.25) is 4.79 Å². The van der Waals surface area contributed by atoms with Crippen molar-refractivity contribution in [3.63, 3.8) is 0 Å². The maximum Gasteiger partial charge on any atom is 0.337 e. The van der Waals surface area contributed by atoms with Gasteiger partial charge < -0.3 is 10.1 Å². The first-order valence-electron chi connectivity index (χ1n) is 6.45. The number of aryl methyl sites for hydroxylation is 2. The third kappa shape index (κ3) is 3.45. The molecule has 1 heterocycles. The number of amides is 1. The predicted molar refractivity (Wildman–Crippen MR) is 79.4 cm³/mol. The van der Waals surface area contributed by atoms with Gasteiger partial charge in [-0.2, -0.15) is 0 Å². The molecule has 1 aromatic carbocycles. The van der Waals surface area contributed by atoms with Gasteiger partial charge >= 0.3 is 5.97 Å². The summed E-state index contributed by atoms with van der Waals surface area (Å²) in [5.41, 5.74) is 2.89. The van der Waals surface area contributed by atoms with E-state index in [4.69, 9.17) is 0 Å². The fourth-order valence-electron chi connectivity index (χ4n) is 1.86. The van der Waals surface area contributed by atoms with Gasteiger partial charge in [-0.1, -0.05) is 12.1 Å². The Balaban J connectivity index is 2.26. The van der Waals surface area contributed by atoms with E-state index in [-0.39, 0.29) is 5.91 Å². The van der Waals surface area contributed by atoms with Crippen molar-refractivity contribution in [2.75, 3.05) is 12.4 Å². The second-order valence-corrected chi connectivity index (χ2v) is 4.64. The van der Waals surface area contributed by atoms with E-state index in [1.807, 2.05) is 19.9 Å². The largest absolute Gasteiger partial charge is 0.465 e. The molecule has 5 nitrogen and oxygen atoms in total. The van der Waals surface area contributed by atoms with Crippen molar-refractivity contribution in [3.8, 4) is 0 Å². The summed E-state index contributed by atoms with van der Waals surface area (Å²) >= 11 is 0. The van der Waals surface area contributed by atoms with Gasteiger partial charge in [0, 0.05) is 11.4 Å². The number of hydrogen-bond donors (Lipinski definition) is 1. The highest BCUT2D eigenvalue weighted by Crippen LogP contribution is 2.18. The van der Waals surface area contributed by atoms with Crippen molar-refractivity contribution in [2.45, 2.75) is 13.8 Å². The van der Waals surface area contributed by atoms with Crippen LogP contribution in [0.1, 0.15) is 32.1 Å². The first-order chi connectivity index (χ1) is 10.0. The Hall–Kier alpha value is -2.69. The van der Waals surface area contributed by atoms with Crippen LogP contribution in [0.3, 0.4) is 0 Å². The summed E-state index contributed by atoms with van der Waals surface area (Å²) < 4.78 is 4.67. The minimum Gasteiger partial charge on any atom is -0.465 e. The fraction of sp³-hybridized carbons (Fsp3) is 0.188. The fourth-order valence-corrected chi connectivity index (χ4v) is 1.86. The van der Waals surface area contributed by atoms with Crippen LogP contribution in [0, 0.1) is 13.8 Å². The van der Waals surface area contributed by atoms with Gasteiger partial charge in [0.2, 0.25) is 0 Å². The van der Waals surface area contributed by atoms with E-state index in [1.165, 1.54) is 7.11 Å². The van der Waals surface area contributed by atoms with Crippen LogP contribution in [-0.2, 0) is 4.74 Å². The molecule has 0 unspecified atom stereocenters. The standard InChI is InChI=1S/C16H16N2O3/c1-10-7-8-12(16(20)21-3)9-14(10)18-15(19)13-6-4-5-11(2)17-13/h4-9H,1-3H3,(H,18,19). The SMILES string of the molecule is COC(=O)c1ccc(C)c(NC(=O)c2cccc(C)n2)c1. The third-order valence-electron chi connectivity index (χ3n) is 3.03. The summed E-state index contributed by atoms with van der Waals surface area (Å²) in [5.74, 6) is -0.761. The summed E-state index contributed by atoms with van der Waals surface area (Å²) in [6, 6.07) is 10.2. The van der Waals surface area contributed by atoms with Crippen molar-refractivity contribution in [1.82, 2.24) is 4.98 Å². The Kier molecular flexibility index (Phi) is 4.33. The monoisotopic (exact) mass is 284 g/mol. The van der Waals surface area contributed by atoms with Crippen LogP contribution in [-0.4, -0.2) is 24.0 Å². The van der Waals surface area contributed by atoms with Gasteiger partial charge in [0.05, 0.1) is 12.7 Å². The van der Waals surface area contributed by atoms with Crippen LogP contribution in [0.15, 0.2) is 36.4 Å². The third-order valence-corrected chi connectivity index (χ3v) is 3.03. The Morgan fingerprint density at radius 2 is 1.90 bits per heavy atom. The van der Waals surface area contributed by atoms with Crippen LogP contribution in [0.25, 0.3) is 0 Å². The lowest BCUT2D eigenvalue weighted by molar-refractivity contribution is 0.0600. The maximum absolute atomic E-state index is 12.2. The lowest BCUT2D eigenvalue weighted by Gasteiger charge is -2.10. The topological polar surface area (TPSA) is 68.3 Å². The molecular weight excluding hydrogens is 268 g/mol. The van der Waals surface area contributed by atoms with Crippen molar-refractivity contribution in [1.29, 1.82) is 0 Å². The van der Waals surface area contributed by atoms with Crippen molar-refractivity contribution in [3.05, 3.63) is 58.9 Å². The first kappa shape index (κ1) is 14.7. The van der Waals surface area contributed by atoms with Crippen LogP contribution in [0.4, 0.5) is 5.69 Å². The molecule has 21 heavy (non-hydrogen) atoms. The van der Waals surface area contributed by atoms with Gasteiger partial charge in [-0.25, -0.2) is 9.78 Å². The van der Waals surface area contributed by atoms with Crippen molar-refractivity contribution >= 4 is 17.6 Å². The molecule has 0 saturated heterocycles. The van der Waals surface area contributed by atoms with E-state index >= 15 is 0 Å². The quantitative estimate of drug-likeness (QED) is 0.880. The number of carbonyl (C=O) groups is 2. The van der Waals surface area contributed by atoms with Gasteiger partial charge in [0.15, 0.2) is 0 Å². The average molecular weight is 284 g/mol. The van der Waals surface area contributed by atoms with Crippen LogP contribution < -0.4 is 5.32 Å². The number of pyridine rings is 1.